The monoisotopic (exact) mass is 675 g/mol. The van der Waals surface area contributed by atoms with Crippen LogP contribution in [0.25, 0.3) is 11.3 Å². The molecule has 5 rings (SSSR count). The largest absolute Gasteiger partial charge is 0.493 e. The number of anilines is 2. The number of benzene rings is 1. The van der Waals surface area contributed by atoms with Crippen LogP contribution in [0.2, 0.25) is 0 Å². The number of alkyl halides is 3. The van der Waals surface area contributed by atoms with Crippen LogP contribution in [0.3, 0.4) is 0 Å². The molecule has 0 unspecified atom stereocenters. The molecule has 0 radical (unpaired) electrons. The van der Waals surface area contributed by atoms with E-state index in [2.05, 4.69) is 41.9 Å². The smallest absolute Gasteiger partial charge is 0.419 e. The number of nitrogens with zero attached hydrogens (tertiary/aromatic N) is 6. The second-order valence-corrected chi connectivity index (χ2v) is 13.1. The highest BCUT2D eigenvalue weighted by Gasteiger charge is 2.35. The third-order valence-electron chi connectivity index (χ3n) is 8.49. The number of aliphatic carboxylic acids is 1. The summed E-state index contributed by atoms with van der Waals surface area (Å²) < 4.78 is 47.6. The van der Waals surface area contributed by atoms with Crippen molar-refractivity contribution in [2.24, 2.45) is 0 Å². The van der Waals surface area contributed by atoms with Crippen LogP contribution in [0.4, 0.5) is 24.1 Å². The summed E-state index contributed by atoms with van der Waals surface area (Å²) in [4.78, 5) is 44.8. The average Bonchev–Trinajstić information content (AvgIpc) is 3.63. The number of rotatable bonds is 12. The first-order chi connectivity index (χ1) is 22.4. The van der Waals surface area contributed by atoms with Crippen molar-refractivity contribution in [3.63, 3.8) is 0 Å². The summed E-state index contributed by atoms with van der Waals surface area (Å²) in [6, 6.07) is 4.38. The Bertz CT molecular complexity index is 1550. The van der Waals surface area contributed by atoms with Crippen LogP contribution < -0.4 is 15.0 Å². The van der Waals surface area contributed by atoms with E-state index in [9.17, 15) is 22.8 Å². The van der Waals surface area contributed by atoms with Gasteiger partial charge in [-0.3, -0.25) is 24.7 Å². The van der Waals surface area contributed by atoms with Crippen LogP contribution in [0.1, 0.15) is 67.4 Å². The van der Waals surface area contributed by atoms with E-state index in [1.54, 1.807) is 6.07 Å². The molecular weight excluding hydrogens is 635 g/mol. The first-order valence-corrected chi connectivity index (χ1v) is 16.7. The van der Waals surface area contributed by atoms with Gasteiger partial charge < -0.3 is 14.7 Å². The number of carbonyl (C=O) groups is 2. The van der Waals surface area contributed by atoms with Crippen LogP contribution in [-0.4, -0.2) is 93.1 Å². The van der Waals surface area contributed by atoms with Crippen molar-refractivity contribution in [2.45, 2.75) is 71.3 Å². The van der Waals surface area contributed by atoms with Gasteiger partial charge in [-0.25, -0.2) is 15.0 Å². The molecule has 0 bridgehead atoms. The minimum Gasteiger partial charge on any atom is -0.493 e. The number of carbonyl (C=O) groups excluding carboxylic acids is 1. The van der Waals surface area contributed by atoms with E-state index in [-0.39, 0.29) is 35.6 Å². The first-order valence-electron chi connectivity index (χ1n) is 15.8. The molecule has 2 atom stereocenters. The molecule has 4 heterocycles. The molecule has 0 spiro atoms. The van der Waals surface area contributed by atoms with Gasteiger partial charge in [0.15, 0.2) is 5.13 Å². The Hall–Kier alpha value is -3.82. The van der Waals surface area contributed by atoms with Crippen molar-refractivity contribution in [3.8, 4) is 17.0 Å². The number of hydrogen-bond donors (Lipinski definition) is 2. The Morgan fingerprint density at radius 3 is 2.57 bits per heavy atom. The third kappa shape index (κ3) is 8.56. The van der Waals surface area contributed by atoms with E-state index < -0.39 is 23.6 Å². The quantitative estimate of drug-likeness (QED) is 0.250. The number of piperazine rings is 1. The number of likely N-dealkylation sites (tertiary alicyclic amines) is 1. The number of aromatic nitrogens is 3. The number of thiazole rings is 1. The van der Waals surface area contributed by atoms with Crippen molar-refractivity contribution in [2.75, 3.05) is 49.5 Å². The van der Waals surface area contributed by atoms with Gasteiger partial charge in [0.05, 0.1) is 36.7 Å². The number of ether oxygens (including phenoxy) is 1. The lowest BCUT2D eigenvalue weighted by Crippen LogP contribution is -2.52. The summed E-state index contributed by atoms with van der Waals surface area (Å²) in [5, 5.41) is 12.0. The number of amides is 1. The molecule has 2 N–H and O–H groups in total. The zero-order chi connectivity index (χ0) is 33.7. The molecule has 2 saturated heterocycles. The van der Waals surface area contributed by atoms with Gasteiger partial charge in [0.1, 0.15) is 17.3 Å². The molecule has 47 heavy (non-hydrogen) atoms. The fourth-order valence-corrected chi connectivity index (χ4v) is 6.97. The minimum absolute atomic E-state index is 0.0714. The first kappa shape index (κ1) is 34.5. The molecular formula is C32H40F3N7O4S. The van der Waals surface area contributed by atoms with Gasteiger partial charge in [-0.1, -0.05) is 18.3 Å². The lowest BCUT2D eigenvalue weighted by atomic mass is 10.1. The van der Waals surface area contributed by atoms with Crippen LogP contribution in [0.5, 0.6) is 5.75 Å². The molecule has 11 nitrogen and oxygen atoms in total. The normalized spacial score (nSPS) is 19.2. The number of carboxylic acids is 1. The zero-order valence-corrected chi connectivity index (χ0v) is 27.5. The van der Waals surface area contributed by atoms with Crippen LogP contribution in [0.15, 0.2) is 30.6 Å². The van der Waals surface area contributed by atoms with Crippen molar-refractivity contribution >= 4 is 34.2 Å². The average molecular weight is 676 g/mol. The summed E-state index contributed by atoms with van der Waals surface area (Å²) in [5.74, 6) is -0.972. The standard InChI is InChI=1S/C32H40F3N7O4S/c1-4-14-46-25-8-7-22(15-23(25)32(33,34)35)29-26(19-41-10-5-6-20(41)2)47-31(38-29)39-30(45)24-16-37-27(17-36-24)42-13-12-40(18-21(42)3)11-9-28(43)44/h7-8,15-17,20-21H,4-6,9-14,18-19H2,1-3H3,(H,43,44)(H,38,39,45)/t20-,21-/m1/s1. The molecule has 0 saturated carbocycles. The van der Waals surface area contributed by atoms with Crippen LogP contribution in [0, 0.1) is 0 Å². The fraction of sp³-hybridized carbons (Fsp3) is 0.531. The predicted molar refractivity (Wildman–Crippen MR) is 173 cm³/mol. The molecule has 15 heteroatoms. The lowest BCUT2D eigenvalue weighted by molar-refractivity contribution is -0.139. The Labute approximate surface area is 275 Å². The number of halogens is 3. The van der Waals surface area contributed by atoms with E-state index in [1.807, 2.05) is 13.8 Å². The van der Waals surface area contributed by atoms with Crippen molar-refractivity contribution in [1.82, 2.24) is 24.8 Å². The van der Waals surface area contributed by atoms with E-state index in [4.69, 9.17) is 9.84 Å². The SMILES string of the molecule is CCCOc1ccc(-c2nc(NC(=O)c3cnc(N4CCN(CCC(=O)O)C[C@H]4C)cn3)sc2CN2CCC[C@H]2C)cc1C(F)(F)F. The molecule has 2 fully saturated rings. The highest BCUT2D eigenvalue weighted by atomic mass is 32.1. The van der Waals surface area contributed by atoms with E-state index in [1.165, 1.54) is 29.8 Å². The maximum absolute atomic E-state index is 14.1. The van der Waals surface area contributed by atoms with Gasteiger partial charge in [-0.05, 0) is 57.9 Å². The molecule has 2 aromatic heterocycles. The topological polar surface area (TPSA) is 124 Å². The van der Waals surface area contributed by atoms with Crippen LogP contribution >= 0.6 is 11.3 Å². The van der Waals surface area contributed by atoms with Crippen molar-refractivity contribution < 1.29 is 32.6 Å². The van der Waals surface area contributed by atoms with Gasteiger partial charge in [-0.2, -0.15) is 13.2 Å². The van der Waals surface area contributed by atoms with Gasteiger partial charge >= 0.3 is 12.1 Å². The van der Waals surface area contributed by atoms with E-state index >= 15 is 0 Å². The van der Waals surface area contributed by atoms with Crippen molar-refractivity contribution in [3.05, 3.63) is 46.7 Å². The Balaban J connectivity index is 1.34. The second kappa shape index (κ2) is 14.9. The van der Waals surface area contributed by atoms with Gasteiger partial charge in [0, 0.05) is 55.2 Å². The summed E-state index contributed by atoms with van der Waals surface area (Å²) in [6.07, 6.45) is 1.04. The Morgan fingerprint density at radius 2 is 1.94 bits per heavy atom. The summed E-state index contributed by atoms with van der Waals surface area (Å²) >= 11 is 1.23. The molecule has 1 amide bonds. The molecule has 1 aromatic carbocycles. The number of nitrogens with one attached hydrogen (secondary N) is 1. The second-order valence-electron chi connectivity index (χ2n) is 12.0. The van der Waals surface area contributed by atoms with E-state index in [0.717, 1.165) is 30.3 Å². The molecule has 0 aliphatic carbocycles. The predicted octanol–water partition coefficient (Wildman–Crippen LogP) is 5.63. The summed E-state index contributed by atoms with van der Waals surface area (Å²) in [6.45, 7) is 10.0. The van der Waals surface area contributed by atoms with Gasteiger partial charge in [0.25, 0.3) is 5.91 Å². The summed E-state index contributed by atoms with van der Waals surface area (Å²) in [7, 11) is 0. The number of carboxylic acid groups (broad SMARTS) is 1. The summed E-state index contributed by atoms with van der Waals surface area (Å²) in [5.41, 5.74) is -0.116. The van der Waals surface area contributed by atoms with Gasteiger partial charge in [-0.15, -0.1) is 0 Å². The maximum atomic E-state index is 14.1. The lowest BCUT2D eigenvalue weighted by Gasteiger charge is -2.40. The highest BCUT2D eigenvalue weighted by molar-refractivity contribution is 7.16. The molecule has 254 valence electrons. The molecule has 3 aromatic rings. The Kier molecular flexibility index (Phi) is 11.0. The fourth-order valence-electron chi connectivity index (χ4n) is 5.96. The highest BCUT2D eigenvalue weighted by Crippen LogP contribution is 2.41. The maximum Gasteiger partial charge on any atom is 0.419 e. The van der Waals surface area contributed by atoms with Crippen LogP contribution in [-0.2, 0) is 17.5 Å². The number of hydrogen-bond acceptors (Lipinski definition) is 10. The van der Waals surface area contributed by atoms with E-state index in [0.29, 0.717) is 62.3 Å². The third-order valence-corrected chi connectivity index (χ3v) is 9.45. The van der Waals surface area contributed by atoms with Crippen molar-refractivity contribution in [1.29, 1.82) is 0 Å². The molecule has 2 aliphatic rings. The minimum atomic E-state index is -4.62. The van der Waals surface area contributed by atoms with Gasteiger partial charge in [0.2, 0.25) is 0 Å². The Morgan fingerprint density at radius 1 is 1.13 bits per heavy atom. The molecule has 2 aliphatic heterocycles. The zero-order valence-electron chi connectivity index (χ0n) is 26.7.